The number of aliphatic imine (C=N–C) groups is 1. The Morgan fingerprint density at radius 2 is 2.00 bits per heavy atom. The van der Waals surface area contributed by atoms with Gasteiger partial charge >= 0.3 is 6.18 Å². The second-order valence-electron chi connectivity index (χ2n) is 4.75. The fourth-order valence-corrected chi connectivity index (χ4v) is 1.77. The van der Waals surface area contributed by atoms with Gasteiger partial charge in [-0.3, -0.25) is 0 Å². The van der Waals surface area contributed by atoms with Crippen LogP contribution in [-0.4, -0.2) is 38.9 Å². The molecule has 9 heteroatoms. The van der Waals surface area contributed by atoms with Crippen LogP contribution in [0.25, 0.3) is 0 Å². The summed E-state index contributed by atoms with van der Waals surface area (Å²) in [6.45, 7) is 5.81. The summed E-state index contributed by atoms with van der Waals surface area (Å²) in [4.78, 5) is 4.38. The highest BCUT2D eigenvalue weighted by molar-refractivity contribution is 14.0. The SMILES string of the molecule is C=CCNC(=NCc1ccc(OCC(F)(F)F)c(OC)c1)NCC.I. The number of guanidine groups is 1. The maximum absolute atomic E-state index is 12.2. The Kier molecular flexibility index (Phi) is 11.0. The molecule has 0 bridgehead atoms. The number of halogens is 4. The minimum Gasteiger partial charge on any atom is -0.493 e. The third kappa shape index (κ3) is 9.42. The first-order valence-corrected chi connectivity index (χ1v) is 7.39. The first-order valence-electron chi connectivity index (χ1n) is 7.39. The topological polar surface area (TPSA) is 54.9 Å². The lowest BCUT2D eigenvalue weighted by atomic mass is 10.2. The number of nitrogens with one attached hydrogen (secondary N) is 2. The Bertz CT molecular complexity index is 566. The Morgan fingerprint density at radius 3 is 2.56 bits per heavy atom. The molecule has 2 N–H and O–H groups in total. The highest BCUT2D eigenvalue weighted by Crippen LogP contribution is 2.30. The smallest absolute Gasteiger partial charge is 0.422 e. The van der Waals surface area contributed by atoms with Gasteiger partial charge in [-0.2, -0.15) is 13.2 Å². The molecule has 0 amide bonds. The van der Waals surface area contributed by atoms with Crippen LogP contribution in [0, 0.1) is 0 Å². The largest absolute Gasteiger partial charge is 0.493 e. The van der Waals surface area contributed by atoms with Gasteiger partial charge in [-0.15, -0.1) is 30.6 Å². The summed E-state index contributed by atoms with van der Waals surface area (Å²) >= 11 is 0. The van der Waals surface area contributed by atoms with Crippen LogP contribution < -0.4 is 20.1 Å². The van der Waals surface area contributed by atoms with E-state index in [-0.39, 0.29) is 35.5 Å². The van der Waals surface area contributed by atoms with Crippen LogP contribution in [0.4, 0.5) is 13.2 Å². The summed E-state index contributed by atoms with van der Waals surface area (Å²) in [6.07, 6.45) is -2.69. The maximum atomic E-state index is 12.2. The normalized spacial score (nSPS) is 11.3. The van der Waals surface area contributed by atoms with Crippen LogP contribution in [0.1, 0.15) is 12.5 Å². The maximum Gasteiger partial charge on any atom is 0.422 e. The Balaban J connectivity index is 0.00000576. The number of methoxy groups -OCH3 is 1. The van der Waals surface area contributed by atoms with E-state index in [9.17, 15) is 13.2 Å². The molecule has 0 aliphatic carbocycles. The number of ether oxygens (including phenoxy) is 2. The quantitative estimate of drug-likeness (QED) is 0.263. The molecular weight excluding hydrogens is 450 g/mol. The average Bonchev–Trinajstić information content (AvgIpc) is 2.55. The monoisotopic (exact) mass is 473 g/mol. The Hall–Kier alpha value is -1.65. The summed E-state index contributed by atoms with van der Waals surface area (Å²) in [6, 6.07) is 4.70. The summed E-state index contributed by atoms with van der Waals surface area (Å²) < 4.78 is 46.5. The first kappa shape index (κ1) is 23.4. The highest BCUT2D eigenvalue weighted by atomic mass is 127. The molecule has 0 unspecified atom stereocenters. The number of alkyl halides is 3. The lowest BCUT2D eigenvalue weighted by Gasteiger charge is -2.13. The predicted molar refractivity (Wildman–Crippen MR) is 103 cm³/mol. The Morgan fingerprint density at radius 1 is 1.28 bits per heavy atom. The van der Waals surface area contributed by atoms with Gasteiger partial charge in [-0.25, -0.2) is 4.99 Å². The van der Waals surface area contributed by atoms with E-state index in [1.165, 1.54) is 13.2 Å². The molecule has 0 saturated heterocycles. The zero-order chi connectivity index (χ0) is 18.0. The van der Waals surface area contributed by atoms with Crippen molar-refractivity contribution in [3.05, 3.63) is 36.4 Å². The Labute approximate surface area is 162 Å². The van der Waals surface area contributed by atoms with Crippen LogP contribution in [0.15, 0.2) is 35.8 Å². The van der Waals surface area contributed by atoms with Gasteiger partial charge in [0.05, 0.1) is 13.7 Å². The molecule has 0 saturated carbocycles. The van der Waals surface area contributed by atoms with Crippen LogP contribution in [0.5, 0.6) is 11.5 Å². The van der Waals surface area contributed by atoms with Crippen molar-refractivity contribution in [3.63, 3.8) is 0 Å². The molecular formula is C16H23F3IN3O2. The third-order valence-corrected chi connectivity index (χ3v) is 2.80. The van der Waals surface area contributed by atoms with Crippen LogP contribution in [0.3, 0.4) is 0 Å². The first-order chi connectivity index (χ1) is 11.4. The van der Waals surface area contributed by atoms with Crippen molar-refractivity contribution < 1.29 is 22.6 Å². The van der Waals surface area contributed by atoms with Crippen molar-refractivity contribution in [2.24, 2.45) is 4.99 Å². The molecule has 1 aromatic carbocycles. The molecule has 1 rings (SSSR count). The second kappa shape index (κ2) is 11.8. The molecule has 0 spiro atoms. The third-order valence-electron chi connectivity index (χ3n) is 2.80. The van der Waals surface area contributed by atoms with Gasteiger partial charge in [0.15, 0.2) is 24.1 Å². The van der Waals surface area contributed by atoms with Gasteiger partial charge in [-0.1, -0.05) is 12.1 Å². The van der Waals surface area contributed by atoms with E-state index in [2.05, 4.69) is 22.2 Å². The fourth-order valence-electron chi connectivity index (χ4n) is 1.77. The van der Waals surface area contributed by atoms with E-state index in [0.29, 0.717) is 25.6 Å². The minimum atomic E-state index is -4.40. The number of hydrogen-bond acceptors (Lipinski definition) is 3. The number of nitrogens with zero attached hydrogens (tertiary/aromatic N) is 1. The van der Waals surface area contributed by atoms with Crippen LogP contribution in [-0.2, 0) is 6.54 Å². The zero-order valence-corrected chi connectivity index (χ0v) is 16.5. The summed E-state index contributed by atoms with van der Waals surface area (Å²) in [5, 5.41) is 6.13. The van der Waals surface area contributed by atoms with Crippen molar-refractivity contribution >= 4 is 29.9 Å². The van der Waals surface area contributed by atoms with Crippen LogP contribution >= 0.6 is 24.0 Å². The minimum absolute atomic E-state index is 0. The van der Waals surface area contributed by atoms with Gasteiger partial charge in [0, 0.05) is 13.1 Å². The summed E-state index contributed by atoms with van der Waals surface area (Å²) in [5.74, 6) is 0.893. The van der Waals surface area contributed by atoms with Crippen molar-refractivity contribution in [1.82, 2.24) is 10.6 Å². The van der Waals surface area contributed by atoms with Crippen molar-refractivity contribution in [2.45, 2.75) is 19.6 Å². The van der Waals surface area contributed by atoms with E-state index in [4.69, 9.17) is 9.47 Å². The van der Waals surface area contributed by atoms with Crippen molar-refractivity contribution in [2.75, 3.05) is 26.8 Å². The van der Waals surface area contributed by atoms with E-state index < -0.39 is 12.8 Å². The molecule has 0 fully saturated rings. The molecule has 142 valence electrons. The number of rotatable bonds is 8. The van der Waals surface area contributed by atoms with Gasteiger partial charge in [0.1, 0.15) is 0 Å². The molecule has 5 nitrogen and oxygen atoms in total. The highest BCUT2D eigenvalue weighted by Gasteiger charge is 2.29. The van der Waals surface area contributed by atoms with E-state index >= 15 is 0 Å². The second-order valence-corrected chi connectivity index (χ2v) is 4.75. The summed E-state index contributed by atoms with van der Waals surface area (Å²) in [7, 11) is 1.37. The van der Waals surface area contributed by atoms with Crippen molar-refractivity contribution in [1.29, 1.82) is 0 Å². The van der Waals surface area contributed by atoms with E-state index in [1.54, 1.807) is 18.2 Å². The average molecular weight is 473 g/mol. The lowest BCUT2D eigenvalue weighted by Crippen LogP contribution is -2.37. The van der Waals surface area contributed by atoms with Crippen LogP contribution in [0.2, 0.25) is 0 Å². The van der Waals surface area contributed by atoms with Gasteiger partial charge < -0.3 is 20.1 Å². The number of hydrogen-bond donors (Lipinski definition) is 2. The van der Waals surface area contributed by atoms with Gasteiger partial charge in [0.2, 0.25) is 0 Å². The molecule has 25 heavy (non-hydrogen) atoms. The zero-order valence-electron chi connectivity index (χ0n) is 14.2. The van der Waals surface area contributed by atoms with E-state index in [1.807, 2.05) is 6.92 Å². The standard InChI is InChI=1S/C16H22F3N3O2.HI/c1-4-8-21-15(20-5-2)22-10-12-6-7-13(14(9-12)23-3)24-11-16(17,18)19;/h4,6-7,9H,1,5,8,10-11H2,2-3H3,(H2,20,21,22);1H. The predicted octanol–water partition coefficient (Wildman–Crippen LogP) is 3.50. The van der Waals surface area contributed by atoms with Gasteiger partial charge in [0.25, 0.3) is 0 Å². The fraction of sp³-hybridized carbons (Fsp3) is 0.438. The molecule has 0 heterocycles. The van der Waals surface area contributed by atoms with Crippen molar-refractivity contribution in [3.8, 4) is 11.5 Å². The molecule has 0 aliphatic rings. The molecule has 1 aromatic rings. The lowest BCUT2D eigenvalue weighted by molar-refractivity contribution is -0.153. The van der Waals surface area contributed by atoms with Gasteiger partial charge in [-0.05, 0) is 24.6 Å². The molecule has 0 aliphatic heterocycles. The van der Waals surface area contributed by atoms with E-state index in [0.717, 1.165) is 5.56 Å². The molecule has 0 radical (unpaired) electrons. The number of benzene rings is 1. The summed E-state index contributed by atoms with van der Waals surface area (Å²) in [5.41, 5.74) is 0.780. The molecule has 0 aromatic heterocycles. The molecule has 0 atom stereocenters.